The molecule has 0 aliphatic rings. The van der Waals surface area contributed by atoms with Gasteiger partial charge in [0.25, 0.3) is 0 Å². The Morgan fingerprint density at radius 3 is 2.50 bits per heavy atom. The Bertz CT molecular complexity index is 171. The molecule has 1 N–H and O–H groups in total. The molecule has 0 bridgehead atoms. The highest BCUT2D eigenvalue weighted by molar-refractivity contribution is 5.83. The van der Waals surface area contributed by atoms with E-state index in [0.717, 1.165) is 5.71 Å². The predicted octanol–water partition coefficient (Wildman–Crippen LogP) is 1.20. The van der Waals surface area contributed by atoms with E-state index in [1.54, 1.807) is 6.92 Å². The Balaban J connectivity index is 3.65. The van der Waals surface area contributed by atoms with Crippen molar-refractivity contribution in [2.24, 2.45) is 4.99 Å². The number of rotatable bonds is 5. The summed E-state index contributed by atoms with van der Waals surface area (Å²) in [6, 6.07) is 0. The van der Waals surface area contributed by atoms with Crippen molar-refractivity contribution in [3.8, 4) is 0 Å². The van der Waals surface area contributed by atoms with Crippen LogP contribution in [0.1, 0.15) is 33.6 Å². The van der Waals surface area contributed by atoms with Gasteiger partial charge in [0.2, 0.25) is 0 Å². The Morgan fingerprint density at radius 1 is 1.50 bits per heavy atom. The van der Waals surface area contributed by atoms with E-state index in [4.69, 9.17) is 5.11 Å². The van der Waals surface area contributed by atoms with Crippen molar-refractivity contribution in [3.63, 3.8) is 0 Å². The molecule has 1 atom stereocenters. The average molecular weight is 171 g/mol. The summed E-state index contributed by atoms with van der Waals surface area (Å²) in [4.78, 5) is 15.1. The Hall–Kier alpha value is -0.700. The molecule has 0 aromatic carbocycles. The van der Waals surface area contributed by atoms with Crippen molar-refractivity contribution < 1.29 is 9.90 Å². The topological polar surface area (TPSA) is 49.7 Å². The molecule has 0 heterocycles. The minimum atomic E-state index is -0.794. The molecule has 3 nitrogen and oxygen atoms in total. The molecule has 0 aromatic rings. The van der Waals surface area contributed by atoms with Gasteiger partial charge < -0.3 is 5.11 Å². The van der Waals surface area contributed by atoms with Crippen molar-refractivity contribution in [2.75, 3.05) is 6.54 Å². The summed E-state index contributed by atoms with van der Waals surface area (Å²) in [5, 5.41) is 9.09. The van der Waals surface area contributed by atoms with Crippen LogP contribution in [0.15, 0.2) is 4.99 Å². The van der Waals surface area contributed by atoms with E-state index in [0.29, 0.717) is 19.4 Å². The first-order valence-electron chi connectivity index (χ1n) is 4.26. The molecule has 3 heteroatoms. The first-order valence-corrected chi connectivity index (χ1v) is 4.26. The zero-order chi connectivity index (χ0) is 9.56. The quantitative estimate of drug-likeness (QED) is 0.632. The van der Waals surface area contributed by atoms with Gasteiger partial charge in [0.1, 0.15) is 6.10 Å². The smallest absolute Gasteiger partial charge is 0.163 e. The van der Waals surface area contributed by atoms with E-state index >= 15 is 0 Å². The number of nitrogens with zero attached hydrogens (tertiary/aromatic N) is 1. The molecule has 70 valence electrons. The first kappa shape index (κ1) is 11.3. The number of aliphatic hydroxyl groups is 1. The number of aliphatic hydroxyl groups excluding tert-OH is 1. The van der Waals surface area contributed by atoms with Crippen LogP contribution in [0, 0.1) is 0 Å². The predicted molar refractivity (Wildman–Crippen MR) is 49.6 cm³/mol. The van der Waals surface area contributed by atoms with Crippen molar-refractivity contribution >= 4 is 11.5 Å². The van der Waals surface area contributed by atoms with Crippen LogP contribution in [-0.2, 0) is 4.79 Å². The van der Waals surface area contributed by atoms with Crippen molar-refractivity contribution in [1.29, 1.82) is 0 Å². The maximum absolute atomic E-state index is 11.0. The van der Waals surface area contributed by atoms with Crippen molar-refractivity contribution in [2.45, 2.75) is 39.7 Å². The molecule has 0 aliphatic carbocycles. The number of hydrogen-bond donors (Lipinski definition) is 1. The van der Waals surface area contributed by atoms with Gasteiger partial charge in [-0.05, 0) is 20.3 Å². The molecule has 12 heavy (non-hydrogen) atoms. The van der Waals surface area contributed by atoms with E-state index in [1.165, 1.54) is 0 Å². The number of hydrogen-bond acceptors (Lipinski definition) is 3. The zero-order valence-electron chi connectivity index (χ0n) is 8.00. The fraction of sp³-hybridized carbons (Fsp3) is 0.778. The second-order valence-corrected chi connectivity index (χ2v) is 2.97. The fourth-order valence-corrected chi connectivity index (χ4v) is 0.784. The van der Waals surface area contributed by atoms with Crippen molar-refractivity contribution in [3.05, 3.63) is 0 Å². The second-order valence-electron chi connectivity index (χ2n) is 2.97. The summed E-state index contributed by atoms with van der Waals surface area (Å²) < 4.78 is 0. The van der Waals surface area contributed by atoms with Crippen LogP contribution < -0.4 is 0 Å². The lowest BCUT2D eigenvalue weighted by Gasteiger charge is -2.04. The Kier molecular flexibility index (Phi) is 5.54. The molecule has 0 saturated heterocycles. The molecule has 1 unspecified atom stereocenters. The van der Waals surface area contributed by atoms with Gasteiger partial charge in [0, 0.05) is 18.7 Å². The minimum Gasteiger partial charge on any atom is -0.385 e. The third-order valence-corrected chi connectivity index (χ3v) is 1.54. The molecule has 0 spiro atoms. The van der Waals surface area contributed by atoms with E-state index in [2.05, 4.69) is 4.99 Å². The average Bonchev–Trinajstić information content (AvgIpc) is 2.02. The summed E-state index contributed by atoms with van der Waals surface area (Å²) >= 11 is 0. The lowest BCUT2D eigenvalue weighted by molar-refractivity contribution is -0.126. The van der Waals surface area contributed by atoms with Gasteiger partial charge >= 0.3 is 0 Å². The SMILES string of the molecule is CCC(O)C(=O)CCN=C(C)C. The molecule has 0 saturated carbocycles. The highest BCUT2D eigenvalue weighted by Crippen LogP contribution is 1.96. The number of ketones is 1. The second kappa shape index (κ2) is 5.89. The Labute approximate surface area is 73.5 Å². The summed E-state index contributed by atoms with van der Waals surface area (Å²) in [6.45, 7) is 6.07. The van der Waals surface area contributed by atoms with E-state index in [1.807, 2.05) is 13.8 Å². The first-order chi connectivity index (χ1) is 5.57. The molecule has 0 radical (unpaired) electrons. The maximum atomic E-state index is 11.0. The van der Waals surface area contributed by atoms with Crippen LogP contribution in [0.4, 0.5) is 0 Å². The monoisotopic (exact) mass is 171 g/mol. The summed E-state index contributed by atoms with van der Waals surface area (Å²) in [7, 11) is 0. The molecule has 0 rings (SSSR count). The maximum Gasteiger partial charge on any atom is 0.163 e. The van der Waals surface area contributed by atoms with E-state index in [-0.39, 0.29) is 5.78 Å². The Morgan fingerprint density at radius 2 is 2.08 bits per heavy atom. The minimum absolute atomic E-state index is 0.109. The van der Waals surface area contributed by atoms with Crippen LogP contribution in [0.5, 0.6) is 0 Å². The van der Waals surface area contributed by atoms with Gasteiger partial charge in [-0.25, -0.2) is 0 Å². The summed E-state index contributed by atoms with van der Waals surface area (Å²) in [6.07, 6.45) is 0.0470. The van der Waals surface area contributed by atoms with Gasteiger partial charge in [-0.15, -0.1) is 0 Å². The highest BCUT2D eigenvalue weighted by Gasteiger charge is 2.10. The normalized spacial score (nSPS) is 12.3. The third-order valence-electron chi connectivity index (χ3n) is 1.54. The van der Waals surface area contributed by atoms with Crippen LogP contribution in [0.3, 0.4) is 0 Å². The fourth-order valence-electron chi connectivity index (χ4n) is 0.784. The van der Waals surface area contributed by atoms with Crippen LogP contribution in [-0.4, -0.2) is 29.3 Å². The largest absolute Gasteiger partial charge is 0.385 e. The summed E-state index contributed by atoms with van der Waals surface area (Å²) in [5.41, 5.74) is 0.966. The van der Waals surface area contributed by atoms with Gasteiger partial charge in [0.05, 0.1) is 0 Å². The molecular formula is C9H17NO2. The number of carbonyl (C=O) groups is 1. The van der Waals surface area contributed by atoms with Gasteiger partial charge in [-0.1, -0.05) is 6.92 Å². The van der Waals surface area contributed by atoms with Crippen LogP contribution in [0.25, 0.3) is 0 Å². The van der Waals surface area contributed by atoms with Gasteiger partial charge in [-0.3, -0.25) is 9.79 Å². The number of Topliss-reactive ketones (excluding diaryl/α,β-unsaturated/α-hetero) is 1. The molecule has 0 amide bonds. The van der Waals surface area contributed by atoms with E-state index < -0.39 is 6.10 Å². The van der Waals surface area contributed by atoms with Gasteiger partial charge in [0.15, 0.2) is 5.78 Å². The standard InChI is InChI=1S/C9H17NO2/c1-4-8(11)9(12)5-6-10-7(2)3/h8,11H,4-6H2,1-3H3. The van der Waals surface area contributed by atoms with Crippen LogP contribution >= 0.6 is 0 Å². The van der Waals surface area contributed by atoms with E-state index in [9.17, 15) is 4.79 Å². The molecule has 0 aromatic heterocycles. The highest BCUT2D eigenvalue weighted by atomic mass is 16.3. The lowest BCUT2D eigenvalue weighted by atomic mass is 10.1. The van der Waals surface area contributed by atoms with Crippen molar-refractivity contribution in [1.82, 2.24) is 0 Å². The molecular weight excluding hydrogens is 154 g/mol. The molecule has 0 aliphatic heterocycles. The summed E-state index contributed by atoms with van der Waals surface area (Å²) in [5.74, 6) is -0.109. The number of carbonyl (C=O) groups excluding carboxylic acids is 1. The lowest BCUT2D eigenvalue weighted by Crippen LogP contribution is -2.19. The third kappa shape index (κ3) is 5.02. The molecule has 0 fully saturated rings. The van der Waals surface area contributed by atoms with Gasteiger partial charge in [-0.2, -0.15) is 0 Å². The van der Waals surface area contributed by atoms with Crippen LogP contribution in [0.2, 0.25) is 0 Å². The number of aliphatic imine (C=N–C) groups is 1. The zero-order valence-corrected chi connectivity index (χ0v) is 8.00.